The Bertz CT molecular complexity index is 1950. The van der Waals surface area contributed by atoms with Crippen LogP contribution in [0.25, 0.3) is 5.76 Å². The second-order valence-corrected chi connectivity index (χ2v) is 11.8. The summed E-state index contributed by atoms with van der Waals surface area (Å²) in [5.41, 5.74) is 2.48. The molecule has 7 nitrogen and oxygen atoms in total. The van der Waals surface area contributed by atoms with E-state index in [1.165, 1.54) is 12.1 Å². The van der Waals surface area contributed by atoms with Crippen molar-refractivity contribution in [2.75, 3.05) is 5.01 Å². The zero-order valence-electron chi connectivity index (χ0n) is 22.9. The summed E-state index contributed by atoms with van der Waals surface area (Å²) in [5.74, 6) is -0.0423. The summed E-state index contributed by atoms with van der Waals surface area (Å²) < 4.78 is 38.7. The van der Waals surface area contributed by atoms with Crippen LogP contribution >= 0.6 is 0 Å². The number of hydrazone groups is 1. The fraction of sp³-hybridized carbons (Fsp3) is 0.0571. The van der Waals surface area contributed by atoms with E-state index in [0.29, 0.717) is 17.2 Å². The van der Waals surface area contributed by atoms with E-state index in [1.54, 1.807) is 24.4 Å². The van der Waals surface area contributed by atoms with Gasteiger partial charge >= 0.3 is 0 Å². The van der Waals surface area contributed by atoms with Crippen LogP contribution in [0, 0.1) is 0 Å². The number of rotatable bonds is 6. The van der Waals surface area contributed by atoms with Gasteiger partial charge in [0.05, 0.1) is 27.9 Å². The third-order valence-electron chi connectivity index (χ3n) is 7.54. The first-order valence-corrected chi connectivity index (χ1v) is 15.3. The number of sulfonamides is 1. The van der Waals surface area contributed by atoms with Crippen molar-refractivity contribution in [3.63, 3.8) is 0 Å². The van der Waals surface area contributed by atoms with E-state index in [-0.39, 0.29) is 10.8 Å². The Kier molecular flexibility index (Phi) is 6.68. The summed E-state index contributed by atoms with van der Waals surface area (Å²) in [7, 11) is -4.17. The van der Waals surface area contributed by atoms with Gasteiger partial charge in [0.2, 0.25) is 5.90 Å². The second-order valence-electron chi connectivity index (χ2n) is 10.2. The third kappa shape index (κ3) is 4.71. The van der Waals surface area contributed by atoms with Gasteiger partial charge in [0.15, 0.2) is 5.54 Å². The molecule has 2 aliphatic heterocycles. The molecule has 4 aromatic carbocycles. The lowest BCUT2D eigenvalue weighted by atomic mass is 9.75. The molecule has 7 rings (SSSR count). The molecule has 0 saturated heterocycles. The summed E-state index contributed by atoms with van der Waals surface area (Å²) >= 11 is 0. The van der Waals surface area contributed by atoms with Crippen LogP contribution in [0.4, 0.5) is 5.69 Å². The minimum Gasteiger partial charge on any atom is -0.439 e. The molecule has 3 heterocycles. The average Bonchev–Trinajstić information content (AvgIpc) is 3.61. The molecule has 0 bridgehead atoms. The highest BCUT2D eigenvalue weighted by Gasteiger charge is 2.60. The van der Waals surface area contributed by atoms with Crippen LogP contribution in [0.5, 0.6) is 0 Å². The lowest BCUT2D eigenvalue weighted by molar-refractivity contribution is 0.474. The normalized spacial score (nSPS) is 20.6. The zero-order chi connectivity index (χ0) is 29.3. The number of ether oxygens (including phenoxy) is 1. The van der Waals surface area contributed by atoms with E-state index in [1.807, 2.05) is 120 Å². The molecule has 0 fully saturated rings. The van der Waals surface area contributed by atoms with Crippen LogP contribution in [-0.2, 0) is 14.8 Å². The van der Waals surface area contributed by atoms with E-state index in [4.69, 9.17) is 9.84 Å². The maximum atomic E-state index is 13.9. The van der Waals surface area contributed by atoms with Crippen molar-refractivity contribution in [3.8, 4) is 0 Å². The van der Waals surface area contributed by atoms with Crippen molar-refractivity contribution in [2.24, 2.45) is 9.50 Å². The molecule has 0 aliphatic carbocycles. The van der Waals surface area contributed by atoms with Gasteiger partial charge in [-0.25, -0.2) is 5.01 Å². The lowest BCUT2D eigenvalue weighted by Crippen LogP contribution is -2.51. The van der Waals surface area contributed by atoms with Gasteiger partial charge < -0.3 is 4.74 Å². The third-order valence-corrected chi connectivity index (χ3v) is 8.81. The Hall–Kier alpha value is -5.34. The molecule has 43 heavy (non-hydrogen) atoms. The van der Waals surface area contributed by atoms with Crippen molar-refractivity contribution in [1.82, 2.24) is 4.98 Å². The smallest absolute Gasteiger partial charge is 0.285 e. The van der Waals surface area contributed by atoms with Crippen LogP contribution in [-0.4, -0.2) is 30.6 Å². The minimum absolute atomic E-state index is 0.00240. The van der Waals surface area contributed by atoms with Gasteiger partial charge in [-0.05, 0) is 48.0 Å². The van der Waals surface area contributed by atoms with E-state index < -0.39 is 21.5 Å². The average molecular weight is 583 g/mol. The zero-order valence-corrected chi connectivity index (χ0v) is 23.7. The first-order chi connectivity index (χ1) is 21.1. The van der Waals surface area contributed by atoms with Crippen LogP contribution in [0.1, 0.15) is 22.7 Å². The van der Waals surface area contributed by atoms with Gasteiger partial charge in [0.25, 0.3) is 10.0 Å². The first kappa shape index (κ1) is 26.6. The van der Waals surface area contributed by atoms with E-state index in [2.05, 4.69) is 9.38 Å². The molecular weight excluding hydrogens is 556 g/mol. The summed E-state index contributed by atoms with van der Waals surface area (Å²) in [4.78, 5) is 4.74. The van der Waals surface area contributed by atoms with Gasteiger partial charge in [-0.1, -0.05) is 103 Å². The molecule has 2 aliphatic rings. The Labute approximate surface area is 250 Å². The molecule has 0 amide bonds. The van der Waals surface area contributed by atoms with Crippen LogP contribution in [0.3, 0.4) is 0 Å². The fourth-order valence-corrected chi connectivity index (χ4v) is 6.62. The molecule has 1 aromatic heterocycles. The SMILES string of the molecule is O=S(=O)(N=C1OC(c2ccccc2)=CC12C(c1ccccc1)C(c1ccccn1)=NN2c1ccccc1)c1ccccc1. The van der Waals surface area contributed by atoms with E-state index in [9.17, 15) is 8.42 Å². The number of pyridine rings is 1. The largest absolute Gasteiger partial charge is 0.439 e. The van der Waals surface area contributed by atoms with Crippen molar-refractivity contribution in [3.05, 3.63) is 169 Å². The van der Waals surface area contributed by atoms with Crippen molar-refractivity contribution in [1.29, 1.82) is 0 Å². The van der Waals surface area contributed by atoms with Gasteiger partial charge in [0, 0.05) is 11.8 Å². The highest BCUT2D eigenvalue weighted by atomic mass is 32.2. The second kappa shape index (κ2) is 10.8. The molecule has 0 N–H and O–H groups in total. The molecule has 0 radical (unpaired) electrons. The first-order valence-electron chi connectivity index (χ1n) is 13.8. The monoisotopic (exact) mass is 582 g/mol. The number of anilines is 1. The Morgan fingerprint density at radius 1 is 0.721 bits per heavy atom. The maximum absolute atomic E-state index is 13.9. The number of benzene rings is 4. The number of hydrogen-bond acceptors (Lipinski definition) is 6. The number of nitrogens with zero attached hydrogens (tertiary/aromatic N) is 4. The highest BCUT2D eigenvalue weighted by Crippen LogP contribution is 2.51. The Morgan fingerprint density at radius 2 is 1.33 bits per heavy atom. The summed E-state index contributed by atoms with van der Waals surface area (Å²) in [6, 6.07) is 43.0. The Balaban J connectivity index is 1.55. The predicted octanol–water partition coefficient (Wildman–Crippen LogP) is 6.69. The fourth-order valence-electron chi connectivity index (χ4n) is 5.62. The number of aromatic nitrogens is 1. The molecule has 2 atom stereocenters. The molecule has 2 unspecified atom stereocenters. The van der Waals surface area contributed by atoms with Gasteiger partial charge in [-0.2, -0.15) is 13.5 Å². The summed E-state index contributed by atoms with van der Waals surface area (Å²) in [5, 5.41) is 7.01. The quantitative estimate of drug-likeness (QED) is 0.223. The predicted molar refractivity (Wildman–Crippen MR) is 168 cm³/mol. The number of hydrogen-bond donors (Lipinski definition) is 0. The summed E-state index contributed by atoms with van der Waals surface area (Å²) in [6.45, 7) is 0. The standard InChI is InChI=1S/C35H26N4O3S/c40-43(41,29-21-11-4-12-22-29)38-34-35(25-31(42-34)26-15-5-1-6-16-26)32(27-17-7-2-8-18-27)33(30-23-13-14-24-36-30)37-39(35)28-19-9-3-10-20-28/h1-25,32H. The van der Waals surface area contributed by atoms with E-state index in [0.717, 1.165) is 16.8 Å². The van der Waals surface area contributed by atoms with Crippen molar-refractivity contribution < 1.29 is 13.2 Å². The molecule has 0 saturated carbocycles. The highest BCUT2D eigenvalue weighted by molar-refractivity contribution is 7.90. The topological polar surface area (TPSA) is 84.2 Å². The van der Waals surface area contributed by atoms with E-state index >= 15 is 0 Å². The minimum atomic E-state index is -4.17. The molecule has 5 aromatic rings. The lowest BCUT2D eigenvalue weighted by Gasteiger charge is -2.36. The molecular formula is C35H26N4O3S. The molecule has 1 spiro atoms. The van der Waals surface area contributed by atoms with Crippen molar-refractivity contribution >= 4 is 33.1 Å². The molecule has 8 heteroatoms. The number of para-hydroxylation sites is 1. The van der Waals surface area contributed by atoms with Crippen LogP contribution < -0.4 is 5.01 Å². The Morgan fingerprint density at radius 3 is 1.98 bits per heavy atom. The van der Waals surface area contributed by atoms with Crippen LogP contribution in [0.2, 0.25) is 0 Å². The van der Waals surface area contributed by atoms with Gasteiger partial charge in [-0.15, -0.1) is 4.40 Å². The maximum Gasteiger partial charge on any atom is 0.285 e. The van der Waals surface area contributed by atoms with Gasteiger partial charge in [0.1, 0.15) is 5.76 Å². The summed E-state index contributed by atoms with van der Waals surface area (Å²) in [6.07, 6.45) is 3.68. The van der Waals surface area contributed by atoms with Gasteiger partial charge in [-0.3, -0.25) is 4.98 Å². The van der Waals surface area contributed by atoms with Crippen molar-refractivity contribution in [2.45, 2.75) is 16.4 Å². The van der Waals surface area contributed by atoms with Crippen LogP contribution in [0.15, 0.2) is 166 Å². The molecule has 210 valence electrons.